The van der Waals surface area contributed by atoms with E-state index in [0.717, 1.165) is 12.1 Å². The SMILES string of the molecule is Nc1ccccc1C1CC(c2ccccc2)NN1. The minimum atomic E-state index is 0.274. The first-order valence-corrected chi connectivity index (χ1v) is 6.25. The fourth-order valence-corrected chi connectivity index (χ4v) is 2.49. The number of nitrogens with two attached hydrogens (primary N) is 1. The molecule has 0 aromatic heterocycles. The zero-order valence-corrected chi connectivity index (χ0v) is 10.1. The van der Waals surface area contributed by atoms with Gasteiger partial charge in [-0.2, -0.15) is 0 Å². The van der Waals surface area contributed by atoms with Gasteiger partial charge in [-0.15, -0.1) is 0 Å². The summed E-state index contributed by atoms with van der Waals surface area (Å²) in [4.78, 5) is 0. The summed E-state index contributed by atoms with van der Waals surface area (Å²) in [5.41, 5.74) is 16.0. The van der Waals surface area contributed by atoms with Crippen LogP contribution in [0.25, 0.3) is 0 Å². The largest absolute Gasteiger partial charge is 0.398 e. The van der Waals surface area contributed by atoms with E-state index in [0.29, 0.717) is 6.04 Å². The van der Waals surface area contributed by atoms with Crippen molar-refractivity contribution in [2.75, 3.05) is 5.73 Å². The van der Waals surface area contributed by atoms with Crippen molar-refractivity contribution in [2.45, 2.75) is 18.5 Å². The fraction of sp³-hybridized carbons (Fsp3) is 0.200. The van der Waals surface area contributed by atoms with Gasteiger partial charge in [0.05, 0.1) is 6.04 Å². The van der Waals surface area contributed by atoms with Crippen molar-refractivity contribution in [1.82, 2.24) is 10.9 Å². The molecule has 1 aliphatic heterocycles. The van der Waals surface area contributed by atoms with E-state index in [9.17, 15) is 0 Å². The van der Waals surface area contributed by atoms with Gasteiger partial charge in [-0.05, 0) is 23.6 Å². The molecular weight excluding hydrogens is 222 g/mol. The molecule has 1 heterocycles. The zero-order chi connectivity index (χ0) is 12.4. The smallest absolute Gasteiger partial charge is 0.0501 e. The van der Waals surface area contributed by atoms with Crippen molar-refractivity contribution in [3.63, 3.8) is 0 Å². The van der Waals surface area contributed by atoms with E-state index >= 15 is 0 Å². The molecule has 4 N–H and O–H groups in total. The van der Waals surface area contributed by atoms with E-state index in [2.05, 4.69) is 41.2 Å². The molecular formula is C15H17N3. The number of para-hydroxylation sites is 1. The average molecular weight is 239 g/mol. The average Bonchev–Trinajstić information content (AvgIpc) is 2.90. The maximum atomic E-state index is 6.02. The first-order chi connectivity index (χ1) is 8.84. The highest BCUT2D eigenvalue weighted by molar-refractivity contribution is 5.48. The Morgan fingerprint density at radius 2 is 1.50 bits per heavy atom. The van der Waals surface area contributed by atoms with Crippen LogP contribution in [0.5, 0.6) is 0 Å². The molecule has 2 aromatic rings. The van der Waals surface area contributed by atoms with E-state index < -0.39 is 0 Å². The van der Waals surface area contributed by atoms with Gasteiger partial charge in [0.25, 0.3) is 0 Å². The lowest BCUT2D eigenvalue weighted by Crippen LogP contribution is -2.26. The van der Waals surface area contributed by atoms with Crippen molar-refractivity contribution in [3.8, 4) is 0 Å². The highest BCUT2D eigenvalue weighted by atomic mass is 15.4. The second kappa shape index (κ2) is 4.80. The second-order valence-electron chi connectivity index (χ2n) is 4.67. The normalized spacial score (nSPS) is 23.1. The Morgan fingerprint density at radius 3 is 2.28 bits per heavy atom. The van der Waals surface area contributed by atoms with E-state index in [1.165, 1.54) is 11.1 Å². The van der Waals surface area contributed by atoms with Crippen molar-refractivity contribution < 1.29 is 0 Å². The molecule has 3 rings (SSSR count). The number of nitrogens with one attached hydrogen (secondary N) is 2. The Hall–Kier alpha value is -1.84. The maximum absolute atomic E-state index is 6.02. The molecule has 3 heteroatoms. The molecule has 18 heavy (non-hydrogen) atoms. The minimum absolute atomic E-state index is 0.274. The van der Waals surface area contributed by atoms with Crippen LogP contribution in [0, 0.1) is 0 Å². The van der Waals surface area contributed by atoms with Crippen LogP contribution in [0.2, 0.25) is 0 Å². The van der Waals surface area contributed by atoms with Crippen LogP contribution < -0.4 is 16.6 Å². The Labute approximate surface area is 107 Å². The van der Waals surface area contributed by atoms with Gasteiger partial charge in [0.15, 0.2) is 0 Å². The molecule has 0 spiro atoms. The summed E-state index contributed by atoms with van der Waals surface area (Å²) in [5.74, 6) is 0. The lowest BCUT2D eigenvalue weighted by Gasteiger charge is -2.12. The number of hydrazine groups is 1. The van der Waals surface area contributed by atoms with Gasteiger partial charge < -0.3 is 5.73 Å². The third-order valence-corrected chi connectivity index (χ3v) is 3.48. The van der Waals surface area contributed by atoms with Gasteiger partial charge in [0.1, 0.15) is 0 Å². The fourth-order valence-electron chi connectivity index (χ4n) is 2.49. The van der Waals surface area contributed by atoms with Gasteiger partial charge in [-0.1, -0.05) is 48.5 Å². The van der Waals surface area contributed by atoms with Crippen molar-refractivity contribution in [1.29, 1.82) is 0 Å². The molecule has 1 saturated heterocycles. The zero-order valence-electron chi connectivity index (χ0n) is 10.1. The maximum Gasteiger partial charge on any atom is 0.0501 e. The second-order valence-corrected chi connectivity index (χ2v) is 4.67. The first-order valence-electron chi connectivity index (χ1n) is 6.25. The molecule has 2 aromatic carbocycles. The van der Waals surface area contributed by atoms with E-state index in [-0.39, 0.29) is 6.04 Å². The molecule has 1 aliphatic rings. The van der Waals surface area contributed by atoms with Gasteiger partial charge >= 0.3 is 0 Å². The molecule has 2 atom stereocenters. The summed E-state index contributed by atoms with van der Waals surface area (Å²) >= 11 is 0. The Kier molecular flexibility index (Phi) is 3.00. The molecule has 0 saturated carbocycles. The van der Waals surface area contributed by atoms with E-state index in [1.54, 1.807) is 0 Å². The van der Waals surface area contributed by atoms with Gasteiger partial charge in [-0.3, -0.25) is 0 Å². The van der Waals surface area contributed by atoms with E-state index in [1.807, 2.05) is 24.3 Å². The summed E-state index contributed by atoms with van der Waals surface area (Å²) in [5, 5.41) is 0. The molecule has 2 unspecified atom stereocenters. The van der Waals surface area contributed by atoms with Crippen molar-refractivity contribution in [3.05, 3.63) is 65.7 Å². The molecule has 0 amide bonds. The van der Waals surface area contributed by atoms with Crippen LogP contribution >= 0.6 is 0 Å². The number of anilines is 1. The molecule has 0 bridgehead atoms. The number of hydrogen-bond acceptors (Lipinski definition) is 3. The monoisotopic (exact) mass is 239 g/mol. The Morgan fingerprint density at radius 1 is 0.833 bits per heavy atom. The number of benzene rings is 2. The highest BCUT2D eigenvalue weighted by Crippen LogP contribution is 2.32. The van der Waals surface area contributed by atoms with Crippen molar-refractivity contribution in [2.24, 2.45) is 0 Å². The summed E-state index contributed by atoms with van der Waals surface area (Å²) in [6, 6.07) is 19.1. The quantitative estimate of drug-likeness (QED) is 0.706. The lowest BCUT2D eigenvalue weighted by molar-refractivity contribution is 0.555. The van der Waals surface area contributed by atoms with Gasteiger partial charge in [0.2, 0.25) is 0 Å². The topological polar surface area (TPSA) is 50.1 Å². The van der Waals surface area contributed by atoms with Crippen LogP contribution in [0.15, 0.2) is 54.6 Å². The highest BCUT2D eigenvalue weighted by Gasteiger charge is 2.26. The van der Waals surface area contributed by atoms with Crippen molar-refractivity contribution >= 4 is 5.69 Å². The number of hydrogen-bond donors (Lipinski definition) is 3. The molecule has 0 radical (unpaired) electrons. The number of rotatable bonds is 2. The van der Waals surface area contributed by atoms with Gasteiger partial charge in [-0.25, -0.2) is 10.9 Å². The third kappa shape index (κ3) is 2.10. The minimum Gasteiger partial charge on any atom is -0.398 e. The van der Waals surface area contributed by atoms with E-state index in [4.69, 9.17) is 5.73 Å². The molecule has 3 nitrogen and oxygen atoms in total. The molecule has 1 fully saturated rings. The van der Waals surface area contributed by atoms with Crippen LogP contribution in [-0.2, 0) is 0 Å². The van der Waals surface area contributed by atoms with Crippen LogP contribution in [0.3, 0.4) is 0 Å². The summed E-state index contributed by atoms with van der Waals surface area (Å²) < 4.78 is 0. The standard InChI is InChI=1S/C15H17N3/c16-13-9-5-4-8-12(13)15-10-14(17-18-15)11-6-2-1-3-7-11/h1-9,14-15,17-18H,10,16H2. The molecule has 92 valence electrons. The Balaban J connectivity index is 1.78. The summed E-state index contributed by atoms with van der Waals surface area (Å²) in [6.45, 7) is 0. The third-order valence-electron chi connectivity index (χ3n) is 3.48. The number of nitrogen functional groups attached to an aromatic ring is 1. The molecule has 0 aliphatic carbocycles. The van der Waals surface area contributed by atoms with Crippen LogP contribution in [0.1, 0.15) is 29.6 Å². The van der Waals surface area contributed by atoms with Crippen LogP contribution in [0.4, 0.5) is 5.69 Å². The van der Waals surface area contributed by atoms with Crippen LogP contribution in [-0.4, -0.2) is 0 Å². The predicted octanol–water partition coefficient (Wildman–Crippen LogP) is 2.55. The van der Waals surface area contributed by atoms with Gasteiger partial charge in [0, 0.05) is 11.7 Å². The first kappa shape index (κ1) is 11.3. The predicted molar refractivity (Wildman–Crippen MR) is 73.7 cm³/mol. The summed E-state index contributed by atoms with van der Waals surface area (Å²) in [6.07, 6.45) is 1.01. The Bertz CT molecular complexity index is 524. The summed E-state index contributed by atoms with van der Waals surface area (Å²) in [7, 11) is 0. The lowest BCUT2D eigenvalue weighted by atomic mass is 9.97.